The molecule has 1 heterocycles. The highest BCUT2D eigenvalue weighted by Gasteiger charge is 2.16. The molecule has 1 amide bonds. The number of pyridine rings is 1. The average Bonchev–Trinajstić information content (AvgIpc) is 2.59. The van der Waals surface area contributed by atoms with E-state index in [0.29, 0.717) is 30.0 Å². The van der Waals surface area contributed by atoms with E-state index in [1.165, 1.54) is 18.0 Å². The lowest BCUT2D eigenvalue weighted by molar-refractivity contribution is -0.605. The molecule has 0 N–H and O–H groups in total. The van der Waals surface area contributed by atoms with E-state index in [1.54, 1.807) is 24.1 Å². The molecule has 1 aromatic heterocycles. The van der Waals surface area contributed by atoms with Gasteiger partial charge in [-0.1, -0.05) is 30.3 Å². The molecule has 0 fully saturated rings. The van der Waals surface area contributed by atoms with Gasteiger partial charge in [0.05, 0.1) is 12.2 Å². The van der Waals surface area contributed by atoms with Crippen LogP contribution in [0.4, 0.5) is 0 Å². The van der Waals surface area contributed by atoms with Crippen molar-refractivity contribution in [1.29, 1.82) is 0 Å². The molecule has 0 spiro atoms. The van der Waals surface area contributed by atoms with Crippen molar-refractivity contribution in [1.82, 2.24) is 4.90 Å². The van der Waals surface area contributed by atoms with Gasteiger partial charge in [-0.25, -0.2) is 0 Å². The second kappa shape index (κ2) is 8.90. The normalized spacial score (nSPS) is 10.5. The maximum atomic E-state index is 12.6. The third kappa shape index (κ3) is 5.38. The lowest BCUT2D eigenvalue weighted by Gasteiger charge is -2.22. The van der Waals surface area contributed by atoms with Gasteiger partial charge >= 0.3 is 0 Å². The Hall–Kier alpha value is -2.40. The zero-order valence-corrected chi connectivity index (χ0v) is 13.4. The third-order valence-corrected chi connectivity index (χ3v) is 3.64. The van der Waals surface area contributed by atoms with E-state index in [-0.39, 0.29) is 5.91 Å². The molecule has 2 aromatic rings. The van der Waals surface area contributed by atoms with Gasteiger partial charge in [0.25, 0.3) is 5.91 Å². The van der Waals surface area contributed by atoms with Crippen molar-refractivity contribution in [2.45, 2.75) is 12.8 Å². The number of rotatable bonds is 8. The number of hydrogen-bond donors (Lipinski definition) is 0. The van der Waals surface area contributed by atoms with Gasteiger partial charge in [-0.15, -0.1) is 0 Å². The van der Waals surface area contributed by atoms with Crippen LogP contribution in [0, 0.1) is 5.21 Å². The van der Waals surface area contributed by atoms with Crippen molar-refractivity contribution in [3.8, 4) is 0 Å². The number of aryl methyl sites for hydroxylation is 1. The van der Waals surface area contributed by atoms with Crippen molar-refractivity contribution in [3.63, 3.8) is 0 Å². The summed E-state index contributed by atoms with van der Waals surface area (Å²) in [4.78, 5) is 14.3. The van der Waals surface area contributed by atoms with Crippen LogP contribution in [0.5, 0.6) is 0 Å². The van der Waals surface area contributed by atoms with Crippen LogP contribution in [-0.4, -0.2) is 37.6 Å². The van der Waals surface area contributed by atoms with Crippen molar-refractivity contribution in [3.05, 3.63) is 71.2 Å². The fraction of sp³-hybridized carbons (Fsp3) is 0.333. The van der Waals surface area contributed by atoms with Crippen molar-refractivity contribution in [2.24, 2.45) is 0 Å². The number of carbonyl (C=O) groups is 1. The van der Waals surface area contributed by atoms with Crippen LogP contribution in [-0.2, 0) is 11.2 Å². The lowest BCUT2D eigenvalue weighted by Crippen LogP contribution is -2.35. The standard InChI is InChI=1S/C18H22N2O3/c1-23-15-14-19(11-5-8-16-6-3-2-4-7-16)18(21)17-9-12-20(22)13-10-17/h2-4,6-7,9-10,12-13H,5,8,11,14-15H2,1H3. The van der Waals surface area contributed by atoms with Crippen LogP contribution in [0.25, 0.3) is 0 Å². The minimum Gasteiger partial charge on any atom is -0.619 e. The molecule has 0 saturated heterocycles. The smallest absolute Gasteiger partial charge is 0.254 e. The summed E-state index contributed by atoms with van der Waals surface area (Å²) in [7, 11) is 1.62. The molecule has 0 bridgehead atoms. The van der Waals surface area contributed by atoms with Crippen molar-refractivity contribution >= 4 is 5.91 Å². The summed E-state index contributed by atoms with van der Waals surface area (Å²) in [5.41, 5.74) is 1.78. The SMILES string of the molecule is COCCN(CCCc1ccccc1)C(=O)c1cc[n+]([O-])cc1. The maximum absolute atomic E-state index is 12.6. The Morgan fingerprint density at radius 3 is 2.48 bits per heavy atom. The summed E-state index contributed by atoms with van der Waals surface area (Å²) < 4.78 is 5.77. The predicted octanol–water partition coefficient (Wildman–Crippen LogP) is 2.04. The monoisotopic (exact) mass is 314 g/mol. The van der Waals surface area contributed by atoms with E-state index < -0.39 is 0 Å². The Morgan fingerprint density at radius 2 is 1.83 bits per heavy atom. The molecule has 122 valence electrons. The highest BCUT2D eigenvalue weighted by atomic mass is 16.5. The van der Waals surface area contributed by atoms with Gasteiger partial charge < -0.3 is 14.8 Å². The van der Waals surface area contributed by atoms with E-state index in [4.69, 9.17) is 4.74 Å². The van der Waals surface area contributed by atoms with Gasteiger partial charge in [0.15, 0.2) is 12.4 Å². The minimum absolute atomic E-state index is 0.0734. The van der Waals surface area contributed by atoms with E-state index in [0.717, 1.165) is 12.8 Å². The van der Waals surface area contributed by atoms with Gasteiger partial charge in [-0.05, 0) is 18.4 Å². The molecule has 2 rings (SSSR count). The molecule has 0 aliphatic heterocycles. The molecular formula is C18H22N2O3. The summed E-state index contributed by atoms with van der Waals surface area (Å²) in [5.74, 6) is -0.0734. The van der Waals surface area contributed by atoms with E-state index >= 15 is 0 Å². The first kappa shape index (κ1) is 17.0. The highest BCUT2D eigenvalue weighted by Crippen LogP contribution is 2.07. The fourth-order valence-corrected chi connectivity index (χ4v) is 2.37. The Bertz CT molecular complexity index is 599. The topological polar surface area (TPSA) is 56.5 Å². The van der Waals surface area contributed by atoms with Gasteiger partial charge in [0.2, 0.25) is 0 Å². The Kier molecular flexibility index (Phi) is 6.56. The predicted molar refractivity (Wildman–Crippen MR) is 87.9 cm³/mol. The van der Waals surface area contributed by atoms with Crippen LogP contribution in [0.1, 0.15) is 22.3 Å². The first-order valence-electron chi connectivity index (χ1n) is 7.71. The van der Waals surface area contributed by atoms with E-state index in [9.17, 15) is 10.0 Å². The highest BCUT2D eigenvalue weighted by molar-refractivity contribution is 5.93. The molecule has 1 aromatic carbocycles. The van der Waals surface area contributed by atoms with Crippen molar-refractivity contribution < 1.29 is 14.3 Å². The molecule has 5 heteroatoms. The van der Waals surface area contributed by atoms with Gasteiger partial charge in [0, 0.05) is 32.3 Å². The zero-order chi connectivity index (χ0) is 16.5. The second-order valence-electron chi connectivity index (χ2n) is 5.32. The van der Waals surface area contributed by atoms with Gasteiger partial charge in [0.1, 0.15) is 0 Å². The summed E-state index contributed by atoms with van der Waals surface area (Å²) in [5, 5.41) is 11.1. The Morgan fingerprint density at radius 1 is 1.13 bits per heavy atom. The summed E-state index contributed by atoms with van der Waals surface area (Å²) >= 11 is 0. The van der Waals surface area contributed by atoms with Crippen LogP contribution < -0.4 is 4.73 Å². The molecule has 0 atom stereocenters. The number of methoxy groups -OCH3 is 1. The molecule has 0 aliphatic carbocycles. The number of aromatic nitrogens is 1. The lowest BCUT2D eigenvalue weighted by atomic mass is 10.1. The molecule has 0 saturated carbocycles. The van der Waals surface area contributed by atoms with Crippen LogP contribution in [0.15, 0.2) is 54.9 Å². The van der Waals surface area contributed by atoms with E-state index in [1.807, 2.05) is 18.2 Å². The minimum atomic E-state index is -0.0734. The fourth-order valence-electron chi connectivity index (χ4n) is 2.37. The number of ether oxygens (including phenoxy) is 1. The molecule has 0 radical (unpaired) electrons. The number of benzene rings is 1. The maximum Gasteiger partial charge on any atom is 0.254 e. The average molecular weight is 314 g/mol. The molecule has 0 aliphatic rings. The Labute approximate surface area is 136 Å². The van der Waals surface area contributed by atoms with Gasteiger partial charge in [-0.3, -0.25) is 4.79 Å². The molecule has 23 heavy (non-hydrogen) atoms. The molecule has 0 unspecified atom stereocenters. The van der Waals surface area contributed by atoms with Crippen LogP contribution in [0.3, 0.4) is 0 Å². The summed E-state index contributed by atoms with van der Waals surface area (Å²) in [6, 6.07) is 13.3. The number of carbonyl (C=O) groups excluding carboxylic acids is 1. The largest absolute Gasteiger partial charge is 0.619 e. The van der Waals surface area contributed by atoms with Crippen LogP contribution in [0.2, 0.25) is 0 Å². The number of hydrogen-bond acceptors (Lipinski definition) is 3. The van der Waals surface area contributed by atoms with Gasteiger partial charge in [-0.2, -0.15) is 4.73 Å². The van der Waals surface area contributed by atoms with Crippen molar-refractivity contribution in [2.75, 3.05) is 26.8 Å². The number of amides is 1. The first-order chi connectivity index (χ1) is 11.2. The Balaban J connectivity index is 1.95. The first-order valence-corrected chi connectivity index (χ1v) is 7.71. The quantitative estimate of drug-likeness (QED) is 0.553. The second-order valence-corrected chi connectivity index (χ2v) is 5.32. The summed E-state index contributed by atoms with van der Waals surface area (Å²) in [6.45, 7) is 1.69. The zero-order valence-electron chi connectivity index (χ0n) is 13.4. The van der Waals surface area contributed by atoms with E-state index in [2.05, 4.69) is 12.1 Å². The summed E-state index contributed by atoms with van der Waals surface area (Å²) in [6.07, 6.45) is 4.48. The third-order valence-electron chi connectivity index (χ3n) is 3.64. The number of nitrogens with zero attached hydrogens (tertiary/aromatic N) is 2. The molecular weight excluding hydrogens is 292 g/mol. The molecule has 5 nitrogen and oxygen atoms in total. The van der Waals surface area contributed by atoms with Crippen LogP contribution >= 0.6 is 0 Å².